The fourth-order valence-electron chi connectivity index (χ4n) is 3.54. The molecule has 0 aliphatic rings. The molecule has 1 unspecified atom stereocenters. The van der Waals surface area contributed by atoms with Crippen LogP contribution in [0.3, 0.4) is 0 Å². The Bertz CT molecular complexity index is 1070. The van der Waals surface area contributed by atoms with Gasteiger partial charge in [0.25, 0.3) is 0 Å². The zero-order valence-corrected chi connectivity index (χ0v) is 19.7. The molecule has 156 valence electrons. The second-order valence-electron chi connectivity index (χ2n) is 7.15. The standard InChI is InChI=1S/C27H26O2P2/c1-21-12-11-19-26(27(21)30-25-18-10-9-17-24(25)29-20-28-2)31(22-13-5-3-6-14-22)23-15-7-4-8-16-23/h3-19,30H,20H2,1-2H3. The Hall–Kier alpha value is -2.50. The first-order chi connectivity index (χ1) is 15.3. The van der Waals surface area contributed by atoms with Crippen LogP contribution >= 0.6 is 16.5 Å². The van der Waals surface area contributed by atoms with Crippen molar-refractivity contribution in [3.63, 3.8) is 0 Å². The highest BCUT2D eigenvalue weighted by Crippen LogP contribution is 2.34. The average molecular weight is 444 g/mol. The summed E-state index contributed by atoms with van der Waals surface area (Å²) in [7, 11) is 1.49. The minimum Gasteiger partial charge on any atom is -0.467 e. The Labute approximate surface area is 187 Å². The molecule has 0 spiro atoms. The van der Waals surface area contributed by atoms with Crippen molar-refractivity contribution in [2.75, 3.05) is 13.9 Å². The predicted molar refractivity (Wildman–Crippen MR) is 136 cm³/mol. The fraction of sp³-hybridized carbons (Fsp3) is 0.111. The van der Waals surface area contributed by atoms with Crippen molar-refractivity contribution in [2.45, 2.75) is 6.92 Å². The Morgan fingerprint density at radius 2 is 1.32 bits per heavy atom. The van der Waals surface area contributed by atoms with Crippen LogP contribution in [0.25, 0.3) is 0 Å². The van der Waals surface area contributed by atoms with E-state index < -0.39 is 7.92 Å². The quantitative estimate of drug-likeness (QED) is 0.297. The van der Waals surface area contributed by atoms with Crippen LogP contribution < -0.4 is 31.3 Å². The number of hydrogen-bond acceptors (Lipinski definition) is 2. The van der Waals surface area contributed by atoms with E-state index in [-0.39, 0.29) is 6.79 Å². The number of ether oxygens (including phenoxy) is 2. The molecule has 4 aromatic carbocycles. The summed E-state index contributed by atoms with van der Waals surface area (Å²) in [6, 6.07) is 36.7. The molecule has 0 saturated carbocycles. The lowest BCUT2D eigenvalue weighted by atomic mass is 10.2. The van der Waals surface area contributed by atoms with Gasteiger partial charge in [-0.2, -0.15) is 0 Å². The van der Waals surface area contributed by atoms with Gasteiger partial charge < -0.3 is 9.47 Å². The second kappa shape index (κ2) is 10.7. The van der Waals surface area contributed by atoms with Crippen molar-refractivity contribution < 1.29 is 9.47 Å². The van der Waals surface area contributed by atoms with Gasteiger partial charge in [0.05, 0.1) is 0 Å². The first-order valence-electron chi connectivity index (χ1n) is 10.3. The topological polar surface area (TPSA) is 18.5 Å². The Morgan fingerprint density at radius 1 is 0.710 bits per heavy atom. The number of aryl methyl sites for hydroxylation is 1. The lowest BCUT2D eigenvalue weighted by Gasteiger charge is -2.24. The van der Waals surface area contributed by atoms with Crippen LogP contribution in [0.1, 0.15) is 5.56 Å². The molecule has 0 saturated heterocycles. The van der Waals surface area contributed by atoms with Crippen LogP contribution in [0.15, 0.2) is 103 Å². The summed E-state index contributed by atoms with van der Waals surface area (Å²) in [4.78, 5) is 0. The largest absolute Gasteiger partial charge is 0.467 e. The van der Waals surface area contributed by atoms with Gasteiger partial charge in [-0.25, -0.2) is 0 Å². The molecule has 31 heavy (non-hydrogen) atoms. The molecule has 0 fully saturated rings. The molecular formula is C27H26O2P2. The van der Waals surface area contributed by atoms with Gasteiger partial charge in [-0.3, -0.25) is 0 Å². The van der Waals surface area contributed by atoms with E-state index in [4.69, 9.17) is 9.47 Å². The highest BCUT2D eigenvalue weighted by molar-refractivity contribution is 7.81. The minimum absolute atomic E-state index is 0.253. The van der Waals surface area contributed by atoms with Gasteiger partial charge in [-0.15, -0.1) is 0 Å². The minimum atomic E-state index is -0.658. The van der Waals surface area contributed by atoms with Gasteiger partial charge in [0.15, 0.2) is 6.79 Å². The van der Waals surface area contributed by atoms with Gasteiger partial charge in [-0.1, -0.05) is 106 Å². The third kappa shape index (κ3) is 5.23. The van der Waals surface area contributed by atoms with Gasteiger partial charge in [0.2, 0.25) is 0 Å². The first kappa shape index (κ1) is 21.7. The van der Waals surface area contributed by atoms with Gasteiger partial charge in [0, 0.05) is 12.4 Å². The van der Waals surface area contributed by atoms with E-state index >= 15 is 0 Å². The van der Waals surface area contributed by atoms with Crippen molar-refractivity contribution in [3.05, 3.63) is 109 Å². The summed E-state index contributed by atoms with van der Waals surface area (Å²) in [6.07, 6.45) is 0. The summed E-state index contributed by atoms with van der Waals surface area (Å²) in [6.45, 7) is 2.47. The van der Waals surface area contributed by atoms with E-state index in [0.717, 1.165) is 5.75 Å². The third-order valence-corrected chi connectivity index (χ3v) is 9.29. The maximum Gasteiger partial charge on any atom is 0.188 e. The number of methoxy groups -OCH3 is 1. The maximum absolute atomic E-state index is 5.86. The van der Waals surface area contributed by atoms with E-state index in [1.807, 2.05) is 12.1 Å². The molecule has 0 aliphatic heterocycles. The molecule has 0 radical (unpaired) electrons. The predicted octanol–water partition coefficient (Wildman–Crippen LogP) is 4.37. The van der Waals surface area contributed by atoms with E-state index in [1.54, 1.807) is 7.11 Å². The Balaban J connectivity index is 1.82. The first-order valence-corrected chi connectivity index (χ1v) is 12.6. The second-order valence-corrected chi connectivity index (χ2v) is 10.6. The van der Waals surface area contributed by atoms with Crippen LogP contribution in [0.4, 0.5) is 0 Å². The fourth-order valence-corrected chi connectivity index (χ4v) is 7.69. The highest BCUT2D eigenvalue weighted by Gasteiger charge is 2.21. The molecule has 0 aromatic heterocycles. The molecule has 2 nitrogen and oxygen atoms in total. The third-order valence-electron chi connectivity index (χ3n) is 5.00. The van der Waals surface area contributed by atoms with Crippen LogP contribution in [0, 0.1) is 6.92 Å². The van der Waals surface area contributed by atoms with Crippen LogP contribution in [0.5, 0.6) is 5.75 Å². The van der Waals surface area contributed by atoms with E-state index in [0.29, 0.717) is 8.58 Å². The van der Waals surface area contributed by atoms with Crippen molar-refractivity contribution in [2.24, 2.45) is 0 Å². The molecule has 4 heteroatoms. The smallest absolute Gasteiger partial charge is 0.188 e. The number of benzene rings is 4. The van der Waals surface area contributed by atoms with E-state index in [1.165, 1.54) is 32.1 Å². The highest BCUT2D eigenvalue weighted by atomic mass is 31.1. The summed E-state index contributed by atoms with van der Waals surface area (Å²) in [5.74, 6) is 0.889. The van der Waals surface area contributed by atoms with E-state index in [2.05, 4.69) is 97.9 Å². The molecular weight excluding hydrogens is 418 g/mol. The normalized spacial score (nSPS) is 11.3. The molecule has 0 bridgehead atoms. The van der Waals surface area contributed by atoms with Gasteiger partial charge in [0.1, 0.15) is 5.75 Å². The van der Waals surface area contributed by atoms with Crippen molar-refractivity contribution in [1.82, 2.24) is 0 Å². The number of para-hydroxylation sites is 1. The lowest BCUT2D eigenvalue weighted by Crippen LogP contribution is -2.31. The molecule has 0 amide bonds. The monoisotopic (exact) mass is 444 g/mol. The number of hydrogen-bond donors (Lipinski definition) is 0. The van der Waals surface area contributed by atoms with Crippen molar-refractivity contribution in [3.8, 4) is 5.75 Å². The Kier molecular flexibility index (Phi) is 7.49. The summed E-state index contributed by atoms with van der Waals surface area (Å²) in [5.41, 5.74) is 1.32. The van der Waals surface area contributed by atoms with Gasteiger partial charge >= 0.3 is 0 Å². The molecule has 0 aliphatic carbocycles. The summed E-state index contributed by atoms with van der Waals surface area (Å²) >= 11 is 0. The average Bonchev–Trinajstić information content (AvgIpc) is 2.82. The maximum atomic E-state index is 5.86. The van der Waals surface area contributed by atoms with Crippen LogP contribution in [-0.2, 0) is 4.74 Å². The summed E-state index contributed by atoms with van der Waals surface area (Å²) in [5, 5.41) is 6.74. The molecule has 4 rings (SSSR count). The van der Waals surface area contributed by atoms with Crippen LogP contribution in [0.2, 0.25) is 0 Å². The summed E-state index contributed by atoms with van der Waals surface area (Å²) < 4.78 is 11.0. The Morgan fingerprint density at radius 3 is 1.97 bits per heavy atom. The lowest BCUT2D eigenvalue weighted by molar-refractivity contribution is 0.0519. The van der Waals surface area contributed by atoms with Crippen molar-refractivity contribution >= 4 is 43.0 Å². The number of rotatable bonds is 8. The van der Waals surface area contributed by atoms with Gasteiger partial charge in [-0.05, 0) is 47.7 Å². The zero-order valence-electron chi connectivity index (χ0n) is 17.8. The van der Waals surface area contributed by atoms with Crippen molar-refractivity contribution in [1.29, 1.82) is 0 Å². The molecule has 0 N–H and O–H groups in total. The molecule has 0 heterocycles. The molecule has 1 atom stereocenters. The van der Waals surface area contributed by atoms with E-state index in [9.17, 15) is 0 Å². The zero-order chi connectivity index (χ0) is 21.5. The van der Waals surface area contributed by atoms with Crippen LogP contribution in [-0.4, -0.2) is 13.9 Å². The SMILES string of the molecule is COCOc1ccccc1Pc1c(C)cccc1P(c1ccccc1)c1ccccc1. The molecule has 4 aromatic rings.